The predicted molar refractivity (Wildman–Crippen MR) is 104 cm³/mol. The minimum absolute atomic E-state index is 0.113. The van der Waals surface area contributed by atoms with Gasteiger partial charge >= 0.3 is 0 Å². The molecule has 27 heavy (non-hydrogen) atoms. The van der Waals surface area contributed by atoms with E-state index < -0.39 is 0 Å². The minimum atomic E-state index is -0.113. The van der Waals surface area contributed by atoms with Crippen LogP contribution in [0.15, 0.2) is 71.3 Å². The molecule has 4 aromatic rings. The van der Waals surface area contributed by atoms with Gasteiger partial charge < -0.3 is 9.42 Å². The Morgan fingerprint density at radius 2 is 1.78 bits per heavy atom. The van der Waals surface area contributed by atoms with Crippen molar-refractivity contribution in [3.8, 4) is 11.4 Å². The van der Waals surface area contributed by atoms with Crippen molar-refractivity contribution in [2.24, 2.45) is 0 Å². The Balaban J connectivity index is 1.52. The molecule has 0 atom stereocenters. The van der Waals surface area contributed by atoms with Crippen LogP contribution in [0.5, 0.6) is 0 Å². The Morgan fingerprint density at radius 3 is 2.59 bits per heavy atom. The van der Waals surface area contributed by atoms with Gasteiger partial charge in [-0.15, -0.1) is 0 Å². The summed E-state index contributed by atoms with van der Waals surface area (Å²) in [5.41, 5.74) is 1.31. The first kappa shape index (κ1) is 17.2. The molecule has 0 fully saturated rings. The van der Waals surface area contributed by atoms with E-state index in [0.29, 0.717) is 27.9 Å². The van der Waals surface area contributed by atoms with Crippen LogP contribution < -0.4 is 0 Å². The molecule has 134 valence electrons. The van der Waals surface area contributed by atoms with E-state index in [2.05, 4.69) is 10.1 Å². The number of aromatic nitrogens is 2. The molecule has 1 aromatic heterocycles. The molecule has 0 saturated carbocycles. The van der Waals surface area contributed by atoms with Crippen LogP contribution in [-0.4, -0.2) is 28.0 Å². The molecule has 0 radical (unpaired) electrons. The van der Waals surface area contributed by atoms with Crippen LogP contribution in [-0.2, 0) is 6.54 Å². The van der Waals surface area contributed by atoms with Crippen molar-refractivity contribution in [1.82, 2.24) is 15.0 Å². The van der Waals surface area contributed by atoms with Crippen molar-refractivity contribution in [2.75, 3.05) is 7.05 Å². The molecule has 0 aliphatic carbocycles. The summed E-state index contributed by atoms with van der Waals surface area (Å²) in [4.78, 5) is 18.6. The largest absolute Gasteiger partial charge is 0.337 e. The average molecular weight is 378 g/mol. The van der Waals surface area contributed by atoms with Crippen LogP contribution in [0.1, 0.15) is 16.2 Å². The molecule has 0 aliphatic heterocycles. The van der Waals surface area contributed by atoms with Gasteiger partial charge in [-0.05, 0) is 35.0 Å². The first-order valence-electron chi connectivity index (χ1n) is 8.43. The highest BCUT2D eigenvalue weighted by molar-refractivity contribution is 6.33. The van der Waals surface area contributed by atoms with Gasteiger partial charge in [0.05, 0.1) is 11.6 Å². The van der Waals surface area contributed by atoms with Crippen molar-refractivity contribution < 1.29 is 9.32 Å². The number of nitrogens with zero attached hydrogens (tertiary/aromatic N) is 3. The lowest BCUT2D eigenvalue weighted by molar-refractivity contribution is 0.0769. The zero-order valence-electron chi connectivity index (χ0n) is 14.6. The van der Waals surface area contributed by atoms with E-state index in [9.17, 15) is 4.79 Å². The Labute approximate surface area is 161 Å². The summed E-state index contributed by atoms with van der Waals surface area (Å²) < 4.78 is 5.29. The quantitative estimate of drug-likeness (QED) is 0.511. The molecule has 0 aliphatic rings. The van der Waals surface area contributed by atoms with Crippen LogP contribution in [0.3, 0.4) is 0 Å². The van der Waals surface area contributed by atoms with Gasteiger partial charge in [0.25, 0.3) is 5.91 Å². The normalized spacial score (nSPS) is 10.9. The molecule has 3 aromatic carbocycles. The van der Waals surface area contributed by atoms with Crippen molar-refractivity contribution >= 4 is 28.3 Å². The number of hydrogen-bond donors (Lipinski definition) is 0. The number of carbonyl (C=O) groups excluding carboxylic acids is 1. The first-order valence-corrected chi connectivity index (χ1v) is 8.81. The number of rotatable bonds is 4. The van der Waals surface area contributed by atoms with Crippen molar-refractivity contribution in [1.29, 1.82) is 0 Å². The van der Waals surface area contributed by atoms with Crippen molar-refractivity contribution in [2.45, 2.75) is 6.54 Å². The number of benzene rings is 3. The molecule has 0 bridgehead atoms. The molecular formula is C21H16ClN3O2. The summed E-state index contributed by atoms with van der Waals surface area (Å²) in [7, 11) is 1.71. The summed E-state index contributed by atoms with van der Waals surface area (Å²) >= 11 is 6.17. The van der Waals surface area contributed by atoms with E-state index in [0.717, 1.165) is 10.8 Å². The van der Waals surface area contributed by atoms with E-state index in [1.807, 2.05) is 60.7 Å². The highest BCUT2D eigenvalue weighted by Crippen LogP contribution is 2.25. The predicted octanol–water partition coefficient (Wildman–Crippen LogP) is 4.82. The van der Waals surface area contributed by atoms with Gasteiger partial charge in [-0.25, -0.2) is 0 Å². The zero-order chi connectivity index (χ0) is 18.8. The molecular weight excluding hydrogens is 362 g/mol. The van der Waals surface area contributed by atoms with Crippen molar-refractivity contribution in [3.05, 3.63) is 83.2 Å². The van der Waals surface area contributed by atoms with Crippen LogP contribution >= 0.6 is 11.6 Å². The molecule has 1 heterocycles. The average Bonchev–Trinajstić information content (AvgIpc) is 3.15. The lowest BCUT2D eigenvalue weighted by Crippen LogP contribution is -2.26. The van der Waals surface area contributed by atoms with Crippen LogP contribution in [0.4, 0.5) is 0 Å². The topological polar surface area (TPSA) is 59.2 Å². The fourth-order valence-electron chi connectivity index (χ4n) is 2.89. The van der Waals surface area contributed by atoms with Gasteiger partial charge in [-0.1, -0.05) is 59.2 Å². The molecule has 5 nitrogen and oxygen atoms in total. The van der Waals surface area contributed by atoms with Crippen LogP contribution in [0.25, 0.3) is 22.2 Å². The van der Waals surface area contributed by atoms with E-state index in [1.165, 1.54) is 0 Å². The third-order valence-electron chi connectivity index (χ3n) is 4.30. The Bertz CT molecular complexity index is 1120. The fraction of sp³-hybridized carbons (Fsp3) is 0.0952. The van der Waals surface area contributed by atoms with Gasteiger partial charge in [0, 0.05) is 18.2 Å². The third kappa shape index (κ3) is 3.55. The molecule has 4 rings (SSSR count). The van der Waals surface area contributed by atoms with E-state index in [-0.39, 0.29) is 12.5 Å². The van der Waals surface area contributed by atoms with Gasteiger partial charge in [0.15, 0.2) is 0 Å². The number of halogens is 1. The lowest BCUT2D eigenvalue weighted by atomic mass is 10.1. The highest BCUT2D eigenvalue weighted by Gasteiger charge is 2.17. The second-order valence-electron chi connectivity index (χ2n) is 6.21. The molecule has 0 N–H and O–H groups in total. The number of amides is 1. The number of hydrogen-bond acceptors (Lipinski definition) is 4. The van der Waals surface area contributed by atoms with Crippen LogP contribution in [0, 0.1) is 0 Å². The fourth-order valence-corrected chi connectivity index (χ4v) is 3.11. The third-order valence-corrected chi connectivity index (χ3v) is 4.63. The summed E-state index contributed by atoms with van der Waals surface area (Å²) in [6.45, 7) is 0.211. The highest BCUT2D eigenvalue weighted by atomic mass is 35.5. The van der Waals surface area contributed by atoms with Gasteiger partial charge in [-0.2, -0.15) is 4.98 Å². The summed E-state index contributed by atoms with van der Waals surface area (Å²) in [5, 5.41) is 6.63. The van der Waals surface area contributed by atoms with Crippen molar-refractivity contribution in [3.63, 3.8) is 0 Å². The first-order chi connectivity index (χ1) is 13.1. The monoisotopic (exact) mass is 377 g/mol. The maximum atomic E-state index is 12.7. The van der Waals surface area contributed by atoms with Gasteiger partial charge in [-0.3, -0.25) is 4.79 Å². The summed E-state index contributed by atoms with van der Waals surface area (Å²) in [5.74, 6) is 0.641. The maximum absolute atomic E-state index is 12.7. The van der Waals surface area contributed by atoms with E-state index in [1.54, 1.807) is 18.0 Å². The Hall–Kier alpha value is -3.18. The van der Waals surface area contributed by atoms with Gasteiger partial charge in [0.2, 0.25) is 11.7 Å². The molecule has 0 saturated heterocycles. The SMILES string of the molecule is CN(Cc1nc(-c2ccccc2Cl)no1)C(=O)c1ccc2ccccc2c1. The number of fused-ring (bicyclic) bond motifs is 1. The van der Waals surface area contributed by atoms with Gasteiger partial charge in [0.1, 0.15) is 0 Å². The second-order valence-corrected chi connectivity index (χ2v) is 6.62. The minimum Gasteiger partial charge on any atom is -0.337 e. The molecule has 0 unspecified atom stereocenters. The van der Waals surface area contributed by atoms with E-state index in [4.69, 9.17) is 16.1 Å². The Kier molecular flexibility index (Phi) is 4.60. The maximum Gasteiger partial charge on any atom is 0.254 e. The smallest absolute Gasteiger partial charge is 0.254 e. The number of carbonyl (C=O) groups is 1. The molecule has 6 heteroatoms. The lowest BCUT2D eigenvalue weighted by Gasteiger charge is -2.15. The van der Waals surface area contributed by atoms with E-state index >= 15 is 0 Å². The zero-order valence-corrected chi connectivity index (χ0v) is 15.3. The second kappa shape index (κ2) is 7.21. The van der Waals surface area contributed by atoms with Crippen LogP contribution in [0.2, 0.25) is 5.02 Å². The Morgan fingerprint density at radius 1 is 1.04 bits per heavy atom. The standard InChI is InChI=1S/C21H16ClN3O2/c1-25(21(26)16-11-10-14-6-2-3-7-15(14)12-16)13-19-23-20(24-27-19)17-8-4-5-9-18(17)22/h2-12H,13H2,1H3. The summed E-state index contributed by atoms with van der Waals surface area (Å²) in [6, 6.07) is 20.9. The molecule has 1 amide bonds. The molecule has 0 spiro atoms. The summed E-state index contributed by atoms with van der Waals surface area (Å²) in [6.07, 6.45) is 0.